The first-order valence-electron chi connectivity index (χ1n) is 6.54. The van der Waals surface area contributed by atoms with Gasteiger partial charge in [0.15, 0.2) is 0 Å². The third-order valence-corrected chi connectivity index (χ3v) is 3.36. The van der Waals surface area contributed by atoms with Crippen LogP contribution in [-0.2, 0) is 5.41 Å². The number of nitrogens with zero attached hydrogens (tertiary/aromatic N) is 1. The highest BCUT2D eigenvalue weighted by molar-refractivity contribution is 6.33. The zero-order chi connectivity index (χ0) is 15.6. The van der Waals surface area contributed by atoms with Gasteiger partial charge in [0.05, 0.1) is 10.6 Å². The van der Waals surface area contributed by atoms with Crippen molar-refractivity contribution in [3.8, 4) is 0 Å². The van der Waals surface area contributed by atoms with Gasteiger partial charge in [-0.1, -0.05) is 50.6 Å². The molecule has 5 heteroatoms. The average molecular weight is 305 g/mol. The number of hydrogen-bond donors (Lipinski definition) is 2. The van der Waals surface area contributed by atoms with Gasteiger partial charge in [-0.25, -0.2) is 9.78 Å². The third-order valence-electron chi connectivity index (χ3n) is 3.08. The van der Waals surface area contributed by atoms with Crippen molar-refractivity contribution in [2.75, 3.05) is 5.32 Å². The fourth-order valence-electron chi connectivity index (χ4n) is 2.02. The Morgan fingerprint density at radius 3 is 2.52 bits per heavy atom. The van der Waals surface area contributed by atoms with Crippen molar-refractivity contribution in [1.82, 2.24) is 4.98 Å². The number of aromatic nitrogens is 1. The van der Waals surface area contributed by atoms with Crippen molar-refractivity contribution in [2.24, 2.45) is 0 Å². The molecule has 0 unspecified atom stereocenters. The molecule has 0 bridgehead atoms. The van der Waals surface area contributed by atoms with Gasteiger partial charge in [-0.15, -0.1) is 0 Å². The first-order chi connectivity index (χ1) is 9.79. The zero-order valence-electron chi connectivity index (χ0n) is 12.1. The van der Waals surface area contributed by atoms with Crippen LogP contribution < -0.4 is 5.32 Å². The Morgan fingerprint density at radius 2 is 1.95 bits per heavy atom. The minimum Gasteiger partial charge on any atom is -0.478 e. The third kappa shape index (κ3) is 3.52. The second-order valence-corrected chi connectivity index (χ2v) is 6.19. The van der Waals surface area contributed by atoms with E-state index in [1.165, 1.54) is 12.3 Å². The number of hydrogen-bond acceptors (Lipinski definition) is 3. The number of anilines is 2. The summed E-state index contributed by atoms with van der Waals surface area (Å²) in [5.74, 6) is -0.607. The summed E-state index contributed by atoms with van der Waals surface area (Å²) in [7, 11) is 0. The lowest BCUT2D eigenvalue weighted by Gasteiger charge is -2.23. The molecule has 110 valence electrons. The monoisotopic (exact) mass is 304 g/mol. The molecule has 1 heterocycles. The SMILES string of the molecule is CC(C)(C)c1ccccc1Nc1ncc(C(=O)O)cc1Cl. The Morgan fingerprint density at radius 1 is 1.29 bits per heavy atom. The van der Waals surface area contributed by atoms with Crippen molar-refractivity contribution < 1.29 is 9.90 Å². The van der Waals surface area contributed by atoms with Crippen LogP contribution in [0.25, 0.3) is 0 Å². The molecule has 0 aliphatic heterocycles. The number of carbonyl (C=O) groups is 1. The van der Waals surface area contributed by atoms with Crippen molar-refractivity contribution in [3.63, 3.8) is 0 Å². The van der Waals surface area contributed by atoms with E-state index in [1.807, 2.05) is 24.3 Å². The van der Waals surface area contributed by atoms with E-state index in [-0.39, 0.29) is 16.0 Å². The van der Waals surface area contributed by atoms with Crippen molar-refractivity contribution in [3.05, 3.63) is 52.7 Å². The van der Waals surface area contributed by atoms with E-state index in [4.69, 9.17) is 16.7 Å². The van der Waals surface area contributed by atoms with E-state index in [9.17, 15) is 4.79 Å². The lowest BCUT2D eigenvalue weighted by molar-refractivity contribution is 0.0696. The van der Waals surface area contributed by atoms with E-state index < -0.39 is 5.97 Å². The molecule has 0 saturated heterocycles. The minimum atomic E-state index is -1.05. The summed E-state index contributed by atoms with van der Waals surface area (Å²) >= 11 is 6.10. The number of nitrogens with one attached hydrogen (secondary N) is 1. The number of aromatic carboxylic acids is 1. The first-order valence-corrected chi connectivity index (χ1v) is 6.92. The predicted octanol–water partition coefficient (Wildman–Crippen LogP) is 4.47. The Balaban J connectivity index is 2.38. The molecular formula is C16H17ClN2O2. The largest absolute Gasteiger partial charge is 0.478 e. The highest BCUT2D eigenvalue weighted by Gasteiger charge is 2.18. The molecule has 0 fully saturated rings. The average Bonchev–Trinajstić information content (AvgIpc) is 2.40. The van der Waals surface area contributed by atoms with Gasteiger partial charge in [-0.2, -0.15) is 0 Å². The lowest BCUT2D eigenvalue weighted by Crippen LogP contribution is -2.14. The molecule has 2 aromatic rings. The summed E-state index contributed by atoms with van der Waals surface area (Å²) in [5, 5.41) is 12.4. The molecular weight excluding hydrogens is 288 g/mol. The molecule has 0 saturated carbocycles. The highest BCUT2D eigenvalue weighted by atomic mass is 35.5. The quantitative estimate of drug-likeness (QED) is 0.878. The number of halogens is 1. The molecule has 2 N–H and O–H groups in total. The number of carboxylic acid groups (broad SMARTS) is 1. The second kappa shape index (κ2) is 5.74. The van der Waals surface area contributed by atoms with Gasteiger partial charge in [-0.05, 0) is 23.1 Å². The van der Waals surface area contributed by atoms with Gasteiger partial charge in [0.1, 0.15) is 5.82 Å². The maximum Gasteiger partial charge on any atom is 0.337 e. The summed E-state index contributed by atoms with van der Waals surface area (Å²) < 4.78 is 0. The van der Waals surface area contributed by atoms with Crippen LogP contribution in [0.2, 0.25) is 5.02 Å². The molecule has 4 nitrogen and oxygen atoms in total. The summed E-state index contributed by atoms with van der Waals surface area (Å²) in [6, 6.07) is 9.29. The van der Waals surface area contributed by atoms with Crippen molar-refractivity contribution in [1.29, 1.82) is 0 Å². The topological polar surface area (TPSA) is 62.2 Å². The molecule has 1 aromatic carbocycles. The van der Waals surface area contributed by atoms with Crippen molar-refractivity contribution >= 4 is 29.1 Å². The molecule has 21 heavy (non-hydrogen) atoms. The second-order valence-electron chi connectivity index (χ2n) is 5.78. The van der Waals surface area contributed by atoms with E-state index in [0.29, 0.717) is 5.82 Å². The summed E-state index contributed by atoms with van der Waals surface area (Å²) in [4.78, 5) is 15.0. The molecule has 1 aromatic heterocycles. The molecule has 2 rings (SSSR count). The summed E-state index contributed by atoms with van der Waals surface area (Å²) in [6.45, 7) is 6.36. The molecule has 0 spiro atoms. The van der Waals surface area contributed by atoms with Gasteiger partial charge in [0, 0.05) is 11.9 Å². The van der Waals surface area contributed by atoms with Crippen LogP contribution >= 0.6 is 11.6 Å². The van der Waals surface area contributed by atoms with Crippen LogP contribution in [0, 0.1) is 0 Å². The van der Waals surface area contributed by atoms with Crippen LogP contribution in [0.15, 0.2) is 36.5 Å². The molecule has 0 amide bonds. The highest BCUT2D eigenvalue weighted by Crippen LogP contribution is 2.32. The van der Waals surface area contributed by atoms with E-state index >= 15 is 0 Å². The van der Waals surface area contributed by atoms with Gasteiger partial charge in [0.2, 0.25) is 0 Å². The first kappa shape index (κ1) is 15.3. The number of benzene rings is 1. The Hall–Kier alpha value is -2.07. The van der Waals surface area contributed by atoms with Crippen LogP contribution in [0.1, 0.15) is 36.7 Å². The number of para-hydroxylation sites is 1. The molecule has 0 radical (unpaired) electrons. The molecule has 0 aliphatic carbocycles. The fraction of sp³-hybridized carbons (Fsp3) is 0.250. The van der Waals surface area contributed by atoms with Gasteiger partial charge in [-0.3, -0.25) is 0 Å². The normalized spacial score (nSPS) is 11.2. The number of carboxylic acids is 1. The zero-order valence-corrected chi connectivity index (χ0v) is 12.9. The molecule has 0 atom stereocenters. The van der Waals surface area contributed by atoms with Crippen LogP contribution in [-0.4, -0.2) is 16.1 Å². The van der Waals surface area contributed by atoms with E-state index in [1.54, 1.807) is 0 Å². The van der Waals surface area contributed by atoms with Gasteiger partial charge >= 0.3 is 5.97 Å². The lowest BCUT2D eigenvalue weighted by atomic mass is 9.86. The summed E-state index contributed by atoms with van der Waals surface area (Å²) in [6.07, 6.45) is 1.29. The maximum absolute atomic E-state index is 10.9. The Kier molecular flexibility index (Phi) is 4.19. The smallest absolute Gasteiger partial charge is 0.337 e. The van der Waals surface area contributed by atoms with Crippen molar-refractivity contribution in [2.45, 2.75) is 26.2 Å². The maximum atomic E-state index is 10.9. The number of pyridine rings is 1. The number of rotatable bonds is 3. The fourth-order valence-corrected chi connectivity index (χ4v) is 2.23. The molecule has 0 aliphatic rings. The predicted molar refractivity (Wildman–Crippen MR) is 84.6 cm³/mol. The van der Waals surface area contributed by atoms with E-state index in [2.05, 4.69) is 31.1 Å². The minimum absolute atomic E-state index is 0.0307. The van der Waals surface area contributed by atoms with Crippen LogP contribution in [0.5, 0.6) is 0 Å². The van der Waals surface area contributed by atoms with Gasteiger partial charge < -0.3 is 10.4 Å². The van der Waals surface area contributed by atoms with E-state index in [0.717, 1.165) is 11.3 Å². The Labute approximate surface area is 128 Å². The Bertz CT molecular complexity index is 678. The van der Waals surface area contributed by atoms with Crippen LogP contribution in [0.4, 0.5) is 11.5 Å². The summed E-state index contributed by atoms with van der Waals surface area (Å²) in [5.41, 5.74) is 2.07. The van der Waals surface area contributed by atoms with Gasteiger partial charge in [0.25, 0.3) is 0 Å². The van der Waals surface area contributed by atoms with Crippen LogP contribution in [0.3, 0.4) is 0 Å². The standard InChI is InChI=1S/C16H17ClN2O2/c1-16(2,3)11-6-4-5-7-13(11)19-14-12(17)8-10(9-18-14)15(20)21/h4-9H,1-3H3,(H,18,19)(H,20,21).